The molecule has 0 aliphatic rings. The SMILES string of the molecule is [C-]#[N+]c1ccc(-c2ccc3c4ccccc4n(-c4ccc(-c5ccc6c(c5)oc5ccccc56)cc4-c4nc(-c5ccccc5)nc(-c5ccccc5)n4)c3c2)c(C#N)c1. The van der Waals surface area contributed by atoms with Crippen LogP contribution in [0.15, 0.2) is 186 Å². The van der Waals surface area contributed by atoms with Crippen molar-refractivity contribution in [3.8, 4) is 68.2 Å². The minimum Gasteiger partial charge on any atom is -0.456 e. The highest BCUT2D eigenvalue weighted by molar-refractivity contribution is 6.11. The van der Waals surface area contributed by atoms with Crippen LogP contribution < -0.4 is 0 Å². The van der Waals surface area contributed by atoms with E-state index in [0.717, 1.165) is 88.4 Å². The smallest absolute Gasteiger partial charge is 0.188 e. The fourth-order valence-electron chi connectivity index (χ4n) is 8.27. The van der Waals surface area contributed by atoms with Crippen molar-refractivity contribution in [2.75, 3.05) is 0 Å². The summed E-state index contributed by atoms with van der Waals surface area (Å²) in [7, 11) is 0. The van der Waals surface area contributed by atoms with Gasteiger partial charge in [0.1, 0.15) is 11.2 Å². The molecule has 0 aliphatic heterocycles. The predicted octanol–water partition coefficient (Wildman–Crippen LogP) is 13.6. The lowest BCUT2D eigenvalue weighted by atomic mass is 9.98. The first-order valence-electron chi connectivity index (χ1n) is 19.5. The van der Waals surface area contributed by atoms with Crippen LogP contribution in [-0.4, -0.2) is 19.5 Å². The summed E-state index contributed by atoms with van der Waals surface area (Å²) in [6.07, 6.45) is 0. The quantitative estimate of drug-likeness (QED) is 0.157. The Labute approximate surface area is 344 Å². The maximum atomic E-state index is 10.2. The average Bonchev–Trinajstić information content (AvgIpc) is 3.86. The molecule has 0 saturated heterocycles. The van der Waals surface area contributed by atoms with Crippen molar-refractivity contribution in [2.24, 2.45) is 0 Å². The molecule has 278 valence electrons. The van der Waals surface area contributed by atoms with E-state index in [4.69, 9.17) is 25.9 Å². The Morgan fingerprint density at radius 2 is 1.07 bits per heavy atom. The minimum absolute atomic E-state index is 0.428. The molecule has 3 aromatic heterocycles. The Morgan fingerprint density at radius 1 is 0.467 bits per heavy atom. The minimum atomic E-state index is 0.428. The van der Waals surface area contributed by atoms with E-state index in [-0.39, 0.29) is 0 Å². The molecular formula is C53H30N6O. The monoisotopic (exact) mass is 766 g/mol. The number of fused-ring (bicyclic) bond motifs is 6. The molecule has 0 atom stereocenters. The number of aromatic nitrogens is 4. The van der Waals surface area contributed by atoms with Crippen LogP contribution in [0.4, 0.5) is 5.69 Å². The third-order valence-electron chi connectivity index (χ3n) is 11.1. The van der Waals surface area contributed by atoms with Crippen molar-refractivity contribution in [3.05, 3.63) is 199 Å². The van der Waals surface area contributed by atoms with E-state index in [1.54, 1.807) is 12.1 Å². The summed E-state index contributed by atoms with van der Waals surface area (Å²) in [6.45, 7) is 7.52. The molecule has 0 N–H and O–H groups in total. The zero-order valence-corrected chi connectivity index (χ0v) is 31.9. The maximum absolute atomic E-state index is 10.2. The normalized spacial score (nSPS) is 11.3. The molecule has 0 spiro atoms. The Balaban J connectivity index is 1.20. The van der Waals surface area contributed by atoms with Crippen LogP contribution in [-0.2, 0) is 0 Å². The topological polar surface area (TPSA) is 84.9 Å². The van der Waals surface area contributed by atoms with Gasteiger partial charge in [-0.25, -0.2) is 19.8 Å². The molecular weight excluding hydrogens is 737 g/mol. The Hall–Kier alpha value is -8.65. The Bertz CT molecular complexity index is 3520. The van der Waals surface area contributed by atoms with Crippen LogP contribution in [0, 0.1) is 17.9 Å². The first-order chi connectivity index (χ1) is 29.6. The Morgan fingerprint density at radius 3 is 1.82 bits per heavy atom. The van der Waals surface area contributed by atoms with Crippen molar-refractivity contribution < 1.29 is 4.42 Å². The molecule has 11 rings (SSSR count). The molecule has 0 amide bonds. The number of nitrogens with zero attached hydrogens (tertiary/aromatic N) is 6. The van der Waals surface area contributed by atoms with E-state index in [1.807, 2.05) is 84.9 Å². The molecule has 8 aromatic carbocycles. The van der Waals surface area contributed by atoms with Crippen LogP contribution in [0.25, 0.3) is 111 Å². The number of rotatable bonds is 6. The van der Waals surface area contributed by atoms with E-state index in [2.05, 4.69) is 100 Å². The van der Waals surface area contributed by atoms with Crippen LogP contribution in [0.1, 0.15) is 5.56 Å². The van der Waals surface area contributed by atoms with Gasteiger partial charge in [-0.1, -0.05) is 133 Å². The maximum Gasteiger partial charge on any atom is 0.188 e. The second kappa shape index (κ2) is 14.1. The van der Waals surface area contributed by atoms with E-state index < -0.39 is 0 Å². The molecule has 0 fully saturated rings. The summed E-state index contributed by atoms with van der Waals surface area (Å²) < 4.78 is 8.61. The fraction of sp³-hybridized carbons (Fsp3) is 0. The van der Waals surface area contributed by atoms with Gasteiger partial charge in [0.05, 0.1) is 29.4 Å². The van der Waals surface area contributed by atoms with Crippen LogP contribution in [0.3, 0.4) is 0 Å². The second-order valence-electron chi connectivity index (χ2n) is 14.6. The van der Waals surface area contributed by atoms with Crippen LogP contribution in [0.2, 0.25) is 0 Å². The third-order valence-corrected chi connectivity index (χ3v) is 11.1. The number of benzene rings is 8. The standard InChI is InChI=1S/C53H30N6O/c1-55-39-23-26-40(38(28-39)32-54)37-21-24-42-41-16-8-10-18-46(41)59(48(42)30-37)47-27-22-35(36-20-25-44-43-17-9-11-19-49(43)60-50(44)31-36)29-45(47)53-57-51(33-12-4-2-5-13-33)56-52(58-53)34-14-6-3-7-15-34/h2-31H. The summed E-state index contributed by atoms with van der Waals surface area (Å²) in [4.78, 5) is 19.0. The van der Waals surface area contributed by atoms with Crippen molar-refractivity contribution >= 4 is 49.4 Å². The lowest BCUT2D eigenvalue weighted by molar-refractivity contribution is 0.669. The van der Waals surface area contributed by atoms with Gasteiger partial charge in [0, 0.05) is 43.8 Å². The van der Waals surface area contributed by atoms with E-state index in [9.17, 15) is 5.26 Å². The van der Waals surface area contributed by atoms with Gasteiger partial charge in [-0.05, 0) is 70.8 Å². The van der Waals surface area contributed by atoms with Gasteiger partial charge in [-0.15, -0.1) is 0 Å². The Kier molecular flexibility index (Phi) is 8.11. The predicted molar refractivity (Wildman–Crippen MR) is 240 cm³/mol. The zero-order valence-electron chi connectivity index (χ0n) is 31.9. The van der Waals surface area contributed by atoms with E-state index >= 15 is 0 Å². The van der Waals surface area contributed by atoms with Crippen molar-refractivity contribution in [1.82, 2.24) is 19.5 Å². The first kappa shape index (κ1) is 34.6. The summed E-state index contributed by atoms with van der Waals surface area (Å²) >= 11 is 0. The second-order valence-corrected chi connectivity index (χ2v) is 14.6. The van der Waals surface area contributed by atoms with Crippen molar-refractivity contribution in [2.45, 2.75) is 0 Å². The van der Waals surface area contributed by atoms with E-state index in [0.29, 0.717) is 28.7 Å². The van der Waals surface area contributed by atoms with Gasteiger partial charge < -0.3 is 8.98 Å². The molecule has 0 radical (unpaired) electrons. The lowest BCUT2D eigenvalue weighted by Crippen LogP contribution is -2.04. The molecule has 0 aliphatic carbocycles. The molecule has 7 heteroatoms. The molecule has 3 heterocycles. The number of para-hydroxylation sites is 2. The van der Waals surface area contributed by atoms with Gasteiger partial charge in [0.25, 0.3) is 0 Å². The van der Waals surface area contributed by atoms with Crippen LogP contribution >= 0.6 is 0 Å². The molecule has 0 bridgehead atoms. The first-order valence-corrected chi connectivity index (χ1v) is 19.5. The van der Waals surface area contributed by atoms with Crippen molar-refractivity contribution in [1.29, 1.82) is 5.26 Å². The molecule has 0 saturated carbocycles. The molecule has 7 nitrogen and oxygen atoms in total. The molecule has 60 heavy (non-hydrogen) atoms. The summed E-state index contributed by atoms with van der Waals surface area (Å²) in [5, 5.41) is 14.4. The fourth-order valence-corrected chi connectivity index (χ4v) is 8.27. The summed E-state index contributed by atoms with van der Waals surface area (Å²) in [6, 6.07) is 63.2. The summed E-state index contributed by atoms with van der Waals surface area (Å²) in [5.74, 6) is 1.65. The highest BCUT2D eigenvalue weighted by atomic mass is 16.3. The molecule has 11 aromatic rings. The van der Waals surface area contributed by atoms with Gasteiger partial charge in [0.15, 0.2) is 23.2 Å². The molecule has 0 unspecified atom stereocenters. The van der Waals surface area contributed by atoms with E-state index in [1.165, 1.54) is 0 Å². The number of nitriles is 1. The third kappa shape index (κ3) is 5.77. The summed E-state index contributed by atoms with van der Waals surface area (Å²) in [5.41, 5.74) is 11.5. The van der Waals surface area contributed by atoms with Gasteiger partial charge in [0.2, 0.25) is 0 Å². The number of hydrogen-bond acceptors (Lipinski definition) is 5. The van der Waals surface area contributed by atoms with Crippen LogP contribution in [0.5, 0.6) is 0 Å². The number of furan rings is 1. The highest BCUT2D eigenvalue weighted by Crippen LogP contribution is 2.41. The average molecular weight is 767 g/mol. The lowest BCUT2D eigenvalue weighted by Gasteiger charge is -2.17. The largest absolute Gasteiger partial charge is 0.456 e. The van der Waals surface area contributed by atoms with Gasteiger partial charge in [-0.3, -0.25) is 0 Å². The highest BCUT2D eigenvalue weighted by Gasteiger charge is 2.21. The van der Waals surface area contributed by atoms with Gasteiger partial charge in [-0.2, -0.15) is 5.26 Å². The number of hydrogen-bond donors (Lipinski definition) is 0. The van der Waals surface area contributed by atoms with Crippen molar-refractivity contribution in [3.63, 3.8) is 0 Å². The van der Waals surface area contributed by atoms with Gasteiger partial charge >= 0.3 is 0 Å². The zero-order chi connectivity index (χ0) is 40.2.